The Morgan fingerprint density at radius 2 is 1.94 bits per heavy atom. The highest BCUT2D eigenvalue weighted by Crippen LogP contribution is 2.26. The summed E-state index contributed by atoms with van der Waals surface area (Å²) in [6.07, 6.45) is 1.52. The number of carbonyl (C=O) groups is 2. The smallest absolute Gasteiger partial charge is 0.253 e. The number of nitrogens with zero attached hydrogens (tertiary/aromatic N) is 1. The Balaban J connectivity index is 1.27. The minimum absolute atomic E-state index is 0.0712. The molecule has 0 saturated carbocycles. The molecule has 164 valence electrons. The first-order chi connectivity index (χ1) is 15.0. The first-order valence-corrected chi connectivity index (χ1v) is 10.5. The van der Waals surface area contributed by atoms with E-state index in [0.29, 0.717) is 31.6 Å². The van der Waals surface area contributed by atoms with Gasteiger partial charge in [0, 0.05) is 36.8 Å². The van der Waals surface area contributed by atoms with Crippen molar-refractivity contribution < 1.29 is 18.7 Å². The molecular formula is C23H27FN4O3. The molecule has 0 spiro atoms. The zero-order valence-electron chi connectivity index (χ0n) is 17.4. The van der Waals surface area contributed by atoms with E-state index in [2.05, 4.69) is 16.2 Å². The molecule has 7 nitrogen and oxygen atoms in total. The minimum Gasteiger partial charge on any atom is -0.496 e. The van der Waals surface area contributed by atoms with Gasteiger partial charge >= 0.3 is 0 Å². The molecule has 0 aliphatic carbocycles. The molecule has 2 amide bonds. The number of amides is 2. The third kappa shape index (κ3) is 4.86. The average Bonchev–Trinajstić information content (AvgIpc) is 3.47. The van der Waals surface area contributed by atoms with Gasteiger partial charge in [0.2, 0.25) is 5.91 Å². The largest absolute Gasteiger partial charge is 0.496 e. The van der Waals surface area contributed by atoms with Crippen LogP contribution in [0.5, 0.6) is 5.75 Å². The molecule has 0 radical (unpaired) electrons. The van der Waals surface area contributed by atoms with E-state index < -0.39 is 0 Å². The number of ether oxygens (including phenoxy) is 1. The molecule has 2 fully saturated rings. The van der Waals surface area contributed by atoms with Crippen LogP contribution in [-0.2, 0) is 11.3 Å². The van der Waals surface area contributed by atoms with E-state index in [1.807, 2.05) is 24.3 Å². The maximum Gasteiger partial charge on any atom is 0.253 e. The Labute approximate surface area is 180 Å². The van der Waals surface area contributed by atoms with Crippen molar-refractivity contribution in [1.29, 1.82) is 0 Å². The number of methoxy groups -OCH3 is 1. The molecule has 8 heteroatoms. The summed E-state index contributed by atoms with van der Waals surface area (Å²) < 4.78 is 18.4. The average molecular weight is 426 g/mol. The van der Waals surface area contributed by atoms with E-state index in [9.17, 15) is 14.0 Å². The first kappa shape index (κ1) is 21.3. The van der Waals surface area contributed by atoms with Crippen molar-refractivity contribution in [2.75, 3.05) is 20.2 Å². The summed E-state index contributed by atoms with van der Waals surface area (Å²) in [5.74, 6) is 0.490. The molecule has 31 heavy (non-hydrogen) atoms. The van der Waals surface area contributed by atoms with Gasteiger partial charge in [-0.2, -0.15) is 0 Å². The van der Waals surface area contributed by atoms with Crippen LogP contribution in [-0.4, -0.2) is 49.0 Å². The highest BCUT2D eigenvalue weighted by Gasteiger charge is 2.38. The Kier molecular flexibility index (Phi) is 6.48. The number of hydrogen-bond donors (Lipinski definition) is 3. The molecule has 0 bridgehead atoms. The number of hydrogen-bond acceptors (Lipinski definition) is 5. The molecule has 3 N–H and O–H groups in total. The molecule has 0 aromatic heterocycles. The maximum atomic E-state index is 13.1. The van der Waals surface area contributed by atoms with Gasteiger partial charge < -0.3 is 15.0 Å². The van der Waals surface area contributed by atoms with E-state index in [1.54, 1.807) is 12.0 Å². The van der Waals surface area contributed by atoms with Crippen molar-refractivity contribution in [2.24, 2.45) is 5.92 Å². The van der Waals surface area contributed by atoms with Crippen LogP contribution in [0.25, 0.3) is 0 Å². The summed E-state index contributed by atoms with van der Waals surface area (Å²) in [5, 5.41) is 2.96. The topological polar surface area (TPSA) is 82.7 Å². The van der Waals surface area contributed by atoms with E-state index in [4.69, 9.17) is 4.74 Å². The fraction of sp³-hybridized carbons (Fsp3) is 0.391. The van der Waals surface area contributed by atoms with Crippen LogP contribution in [0, 0.1) is 11.7 Å². The summed E-state index contributed by atoms with van der Waals surface area (Å²) in [6, 6.07) is 13.0. The fourth-order valence-corrected chi connectivity index (χ4v) is 4.29. The fourth-order valence-electron chi connectivity index (χ4n) is 4.29. The lowest BCUT2D eigenvalue weighted by Gasteiger charge is -2.20. The first-order valence-electron chi connectivity index (χ1n) is 10.5. The monoisotopic (exact) mass is 426 g/mol. The van der Waals surface area contributed by atoms with Crippen molar-refractivity contribution in [3.05, 3.63) is 65.5 Å². The second kappa shape index (κ2) is 9.45. The quantitative estimate of drug-likeness (QED) is 0.657. The van der Waals surface area contributed by atoms with Gasteiger partial charge in [-0.1, -0.05) is 18.2 Å². The second-order valence-corrected chi connectivity index (χ2v) is 8.02. The Bertz CT molecular complexity index is 937. The molecule has 3 unspecified atom stereocenters. The molecular weight excluding hydrogens is 399 g/mol. The Morgan fingerprint density at radius 3 is 2.71 bits per heavy atom. The second-order valence-electron chi connectivity index (χ2n) is 8.02. The molecule has 2 heterocycles. The standard InChI is InChI=1S/C23H27FN4O3/c1-31-21-5-3-2-4-16(21)13-25-22(29)20-12-19(26-27-20)17-10-11-28(14-17)23(30)15-6-8-18(24)9-7-15/h2-9,17,19-20,26-27H,10-14H2,1H3,(H,25,29). The van der Waals surface area contributed by atoms with Gasteiger partial charge in [-0.05, 0) is 49.1 Å². The predicted molar refractivity (Wildman–Crippen MR) is 114 cm³/mol. The van der Waals surface area contributed by atoms with Crippen LogP contribution in [0.1, 0.15) is 28.8 Å². The van der Waals surface area contributed by atoms with Gasteiger partial charge in [0.15, 0.2) is 0 Å². The van der Waals surface area contributed by atoms with Crippen molar-refractivity contribution in [3.8, 4) is 5.75 Å². The SMILES string of the molecule is COc1ccccc1CNC(=O)C1CC(C2CCN(C(=O)c3ccc(F)cc3)C2)NN1. The third-order valence-corrected chi connectivity index (χ3v) is 6.07. The zero-order valence-corrected chi connectivity index (χ0v) is 17.4. The summed E-state index contributed by atoms with van der Waals surface area (Å²) in [7, 11) is 1.61. The van der Waals surface area contributed by atoms with Crippen LogP contribution in [0.2, 0.25) is 0 Å². The highest BCUT2D eigenvalue weighted by atomic mass is 19.1. The van der Waals surface area contributed by atoms with Crippen molar-refractivity contribution in [1.82, 2.24) is 21.1 Å². The molecule has 2 aliphatic heterocycles. The number of halogens is 1. The maximum absolute atomic E-state index is 13.1. The number of carbonyl (C=O) groups excluding carboxylic acids is 2. The van der Waals surface area contributed by atoms with E-state index in [1.165, 1.54) is 24.3 Å². The van der Waals surface area contributed by atoms with Gasteiger partial charge in [-0.25, -0.2) is 9.82 Å². The molecule has 2 aromatic carbocycles. The Morgan fingerprint density at radius 1 is 1.16 bits per heavy atom. The molecule has 3 atom stereocenters. The Hall–Kier alpha value is -2.97. The van der Waals surface area contributed by atoms with Crippen molar-refractivity contribution in [2.45, 2.75) is 31.5 Å². The highest BCUT2D eigenvalue weighted by molar-refractivity contribution is 5.94. The molecule has 2 saturated heterocycles. The van der Waals surface area contributed by atoms with Gasteiger partial charge in [-0.15, -0.1) is 0 Å². The van der Waals surface area contributed by atoms with Crippen LogP contribution in [0.15, 0.2) is 48.5 Å². The van der Waals surface area contributed by atoms with Crippen molar-refractivity contribution >= 4 is 11.8 Å². The van der Waals surface area contributed by atoms with Gasteiger partial charge in [0.1, 0.15) is 17.6 Å². The van der Waals surface area contributed by atoms with Crippen LogP contribution < -0.4 is 20.9 Å². The molecule has 2 aliphatic rings. The lowest BCUT2D eigenvalue weighted by atomic mass is 9.95. The van der Waals surface area contributed by atoms with E-state index >= 15 is 0 Å². The number of rotatable bonds is 6. The summed E-state index contributed by atoms with van der Waals surface area (Å²) in [6.45, 7) is 1.67. The normalized spacial score (nSPS) is 23.0. The number of nitrogens with one attached hydrogen (secondary N) is 3. The predicted octanol–water partition coefficient (Wildman–Crippen LogP) is 1.85. The molecule has 4 rings (SSSR count). The number of benzene rings is 2. The summed E-state index contributed by atoms with van der Waals surface area (Å²) >= 11 is 0. The lowest BCUT2D eigenvalue weighted by molar-refractivity contribution is -0.123. The minimum atomic E-state index is -0.355. The number of para-hydroxylation sites is 1. The van der Waals surface area contributed by atoms with Crippen LogP contribution in [0.3, 0.4) is 0 Å². The zero-order chi connectivity index (χ0) is 21.8. The number of hydrazine groups is 1. The third-order valence-electron chi connectivity index (χ3n) is 6.07. The van der Waals surface area contributed by atoms with Gasteiger partial charge in [-0.3, -0.25) is 15.0 Å². The van der Waals surface area contributed by atoms with Gasteiger partial charge in [0.05, 0.1) is 7.11 Å². The summed E-state index contributed by atoms with van der Waals surface area (Å²) in [5.41, 5.74) is 7.74. The van der Waals surface area contributed by atoms with Gasteiger partial charge in [0.25, 0.3) is 5.91 Å². The lowest BCUT2D eigenvalue weighted by Crippen LogP contribution is -2.43. The number of likely N-dealkylation sites (tertiary alicyclic amines) is 1. The summed E-state index contributed by atoms with van der Waals surface area (Å²) in [4.78, 5) is 27.1. The molecule has 2 aromatic rings. The van der Waals surface area contributed by atoms with E-state index in [0.717, 1.165) is 17.7 Å². The van der Waals surface area contributed by atoms with Crippen molar-refractivity contribution in [3.63, 3.8) is 0 Å². The van der Waals surface area contributed by atoms with Crippen LogP contribution >= 0.6 is 0 Å². The van der Waals surface area contributed by atoms with Crippen LogP contribution in [0.4, 0.5) is 4.39 Å². The van der Waals surface area contributed by atoms with E-state index in [-0.39, 0.29) is 35.6 Å².